The molecule has 18 heavy (non-hydrogen) atoms. The van der Waals surface area contributed by atoms with Gasteiger partial charge in [0, 0.05) is 25.3 Å². The van der Waals surface area contributed by atoms with Gasteiger partial charge < -0.3 is 4.90 Å². The summed E-state index contributed by atoms with van der Waals surface area (Å²) in [4.78, 5) is 2.34. The number of nitrogens with zero attached hydrogens (tertiary/aromatic N) is 1. The smallest absolute Gasteiger partial charge is 0.0743 e. The van der Waals surface area contributed by atoms with Crippen LogP contribution < -0.4 is 10.2 Å². The molecular formula is C16H24N2. The van der Waals surface area contributed by atoms with Crippen LogP contribution in [0.1, 0.15) is 33.3 Å². The number of rotatable bonds is 6. The highest BCUT2D eigenvalue weighted by Crippen LogP contribution is 2.15. The van der Waals surface area contributed by atoms with Gasteiger partial charge in [-0.25, -0.2) is 0 Å². The normalized spacial score (nSPS) is 11.1. The zero-order valence-electron chi connectivity index (χ0n) is 12.0. The predicted octanol–water partition coefficient (Wildman–Crippen LogP) is 3.03. The van der Waals surface area contributed by atoms with Gasteiger partial charge in [0.15, 0.2) is 0 Å². The summed E-state index contributed by atoms with van der Waals surface area (Å²) >= 11 is 0. The fraction of sp³-hybridized carbons (Fsp3) is 0.500. The van der Waals surface area contributed by atoms with Crippen LogP contribution in [-0.4, -0.2) is 18.6 Å². The molecule has 0 amide bonds. The van der Waals surface area contributed by atoms with Gasteiger partial charge in [-0.05, 0) is 45.4 Å². The Morgan fingerprint density at radius 3 is 2.17 bits per heavy atom. The number of terminal acetylenes is 1. The quantitative estimate of drug-likeness (QED) is 0.774. The average Bonchev–Trinajstić information content (AvgIpc) is 2.39. The highest BCUT2D eigenvalue weighted by molar-refractivity contribution is 5.47. The minimum absolute atomic E-state index is 0.252. The SMILES string of the molecule is C#CC(C)(C)NCc1ccc(N(CC)CC)cc1. The number of benzene rings is 1. The lowest BCUT2D eigenvalue weighted by Gasteiger charge is -2.22. The van der Waals surface area contributed by atoms with Crippen LogP contribution >= 0.6 is 0 Å². The van der Waals surface area contributed by atoms with Crippen molar-refractivity contribution in [3.05, 3.63) is 29.8 Å². The van der Waals surface area contributed by atoms with E-state index in [2.05, 4.69) is 54.3 Å². The van der Waals surface area contributed by atoms with Crippen LogP contribution in [0.3, 0.4) is 0 Å². The molecule has 2 nitrogen and oxygen atoms in total. The van der Waals surface area contributed by atoms with E-state index in [-0.39, 0.29) is 5.54 Å². The molecule has 1 aromatic rings. The molecule has 0 radical (unpaired) electrons. The lowest BCUT2D eigenvalue weighted by atomic mass is 10.1. The lowest BCUT2D eigenvalue weighted by molar-refractivity contribution is 0.491. The number of hydrogen-bond acceptors (Lipinski definition) is 2. The van der Waals surface area contributed by atoms with E-state index >= 15 is 0 Å². The molecule has 0 heterocycles. The number of hydrogen-bond donors (Lipinski definition) is 1. The Bertz CT molecular complexity index is 394. The summed E-state index contributed by atoms with van der Waals surface area (Å²) in [5.41, 5.74) is 2.28. The van der Waals surface area contributed by atoms with Crippen molar-refractivity contribution >= 4 is 5.69 Å². The Balaban J connectivity index is 2.64. The molecule has 0 unspecified atom stereocenters. The van der Waals surface area contributed by atoms with Crippen LogP contribution in [0.2, 0.25) is 0 Å². The summed E-state index contributed by atoms with van der Waals surface area (Å²) in [6.45, 7) is 11.3. The molecule has 0 bridgehead atoms. The van der Waals surface area contributed by atoms with E-state index in [9.17, 15) is 0 Å². The van der Waals surface area contributed by atoms with E-state index in [1.807, 2.05) is 13.8 Å². The van der Waals surface area contributed by atoms with Gasteiger partial charge in [-0.2, -0.15) is 0 Å². The van der Waals surface area contributed by atoms with Crippen molar-refractivity contribution in [3.8, 4) is 12.3 Å². The van der Waals surface area contributed by atoms with Gasteiger partial charge in [-0.3, -0.25) is 5.32 Å². The Labute approximate surface area is 111 Å². The third-order valence-corrected chi connectivity index (χ3v) is 3.16. The van der Waals surface area contributed by atoms with Crippen LogP contribution in [0, 0.1) is 12.3 Å². The van der Waals surface area contributed by atoms with Crippen LogP contribution in [-0.2, 0) is 6.54 Å². The second-order valence-corrected chi connectivity index (χ2v) is 4.96. The monoisotopic (exact) mass is 244 g/mol. The van der Waals surface area contributed by atoms with E-state index in [1.54, 1.807) is 0 Å². The number of nitrogens with one attached hydrogen (secondary N) is 1. The zero-order chi connectivity index (χ0) is 13.6. The minimum Gasteiger partial charge on any atom is -0.372 e. The van der Waals surface area contributed by atoms with Crippen molar-refractivity contribution in [1.82, 2.24) is 5.32 Å². The molecule has 1 rings (SSSR count). The molecule has 0 aliphatic carbocycles. The van der Waals surface area contributed by atoms with E-state index < -0.39 is 0 Å². The van der Waals surface area contributed by atoms with E-state index in [0.29, 0.717) is 0 Å². The van der Waals surface area contributed by atoms with E-state index in [4.69, 9.17) is 6.42 Å². The van der Waals surface area contributed by atoms with Gasteiger partial charge in [-0.15, -0.1) is 6.42 Å². The van der Waals surface area contributed by atoms with Crippen molar-refractivity contribution in [1.29, 1.82) is 0 Å². The Hall–Kier alpha value is -1.46. The maximum atomic E-state index is 5.45. The molecule has 0 fully saturated rings. The first-order valence-corrected chi connectivity index (χ1v) is 6.59. The second-order valence-electron chi connectivity index (χ2n) is 4.96. The van der Waals surface area contributed by atoms with Crippen molar-refractivity contribution in [2.45, 2.75) is 39.8 Å². The van der Waals surface area contributed by atoms with Crippen LogP contribution in [0.25, 0.3) is 0 Å². The van der Waals surface area contributed by atoms with Crippen LogP contribution in [0.4, 0.5) is 5.69 Å². The van der Waals surface area contributed by atoms with Crippen molar-refractivity contribution in [3.63, 3.8) is 0 Å². The van der Waals surface area contributed by atoms with Crippen LogP contribution in [0.5, 0.6) is 0 Å². The van der Waals surface area contributed by atoms with Gasteiger partial charge in [-0.1, -0.05) is 18.1 Å². The summed E-state index contributed by atoms with van der Waals surface area (Å²) in [6.07, 6.45) is 5.45. The molecule has 0 saturated carbocycles. The topological polar surface area (TPSA) is 15.3 Å². The Morgan fingerprint density at radius 2 is 1.72 bits per heavy atom. The molecule has 2 heteroatoms. The third kappa shape index (κ3) is 4.09. The van der Waals surface area contributed by atoms with Crippen molar-refractivity contribution in [2.24, 2.45) is 0 Å². The third-order valence-electron chi connectivity index (χ3n) is 3.16. The molecule has 0 saturated heterocycles. The molecule has 98 valence electrons. The van der Waals surface area contributed by atoms with Crippen molar-refractivity contribution < 1.29 is 0 Å². The molecule has 0 aliphatic rings. The second kappa shape index (κ2) is 6.47. The molecule has 1 aromatic carbocycles. The summed E-state index contributed by atoms with van der Waals surface area (Å²) in [5.74, 6) is 2.74. The standard InChI is InChI=1S/C16H24N2/c1-6-16(4,5)17-13-14-9-11-15(12-10-14)18(7-2)8-3/h1,9-12,17H,7-8,13H2,2-5H3. The summed E-state index contributed by atoms with van der Waals surface area (Å²) in [6, 6.07) is 8.67. The fourth-order valence-corrected chi connectivity index (χ4v) is 1.79. The molecule has 0 aliphatic heterocycles. The zero-order valence-corrected chi connectivity index (χ0v) is 12.0. The molecule has 0 aromatic heterocycles. The first-order chi connectivity index (χ1) is 8.52. The van der Waals surface area contributed by atoms with Gasteiger partial charge in [0.1, 0.15) is 0 Å². The maximum Gasteiger partial charge on any atom is 0.0743 e. The Morgan fingerprint density at radius 1 is 1.17 bits per heavy atom. The lowest BCUT2D eigenvalue weighted by Crippen LogP contribution is -2.36. The summed E-state index contributed by atoms with van der Waals surface area (Å²) in [5, 5.41) is 3.35. The van der Waals surface area contributed by atoms with Gasteiger partial charge in [0.25, 0.3) is 0 Å². The summed E-state index contributed by atoms with van der Waals surface area (Å²) in [7, 11) is 0. The maximum absolute atomic E-state index is 5.45. The predicted molar refractivity (Wildman–Crippen MR) is 79.8 cm³/mol. The van der Waals surface area contributed by atoms with Crippen LogP contribution in [0.15, 0.2) is 24.3 Å². The van der Waals surface area contributed by atoms with Gasteiger partial charge in [0.05, 0.1) is 5.54 Å². The van der Waals surface area contributed by atoms with Crippen molar-refractivity contribution in [2.75, 3.05) is 18.0 Å². The highest BCUT2D eigenvalue weighted by atomic mass is 15.1. The minimum atomic E-state index is -0.252. The fourth-order valence-electron chi connectivity index (χ4n) is 1.79. The molecular weight excluding hydrogens is 220 g/mol. The first-order valence-electron chi connectivity index (χ1n) is 6.59. The Kier molecular flexibility index (Phi) is 5.25. The molecule has 1 N–H and O–H groups in total. The molecule has 0 spiro atoms. The van der Waals surface area contributed by atoms with E-state index in [0.717, 1.165) is 19.6 Å². The highest BCUT2D eigenvalue weighted by Gasteiger charge is 2.12. The van der Waals surface area contributed by atoms with Gasteiger partial charge in [0.2, 0.25) is 0 Å². The number of anilines is 1. The van der Waals surface area contributed by atoms with E-state index in [1.165, 1.54) is 11.3 Å². The van der Waals surface area contributed by atoms with Gasteiger partial charge >= 0.3 is 0 Å². The largest absolute Gasteiger partial charge is 0.372 e. The average molecular weight is 244 g/mol. The molecule has 0 atom stereocenters. The first kappa shape index (κ1) is 14.6. The summed E-state index contributed by atoms with van der Waals surface area (Å²) < 4.78 is 0.